The van der Waals surface area contributed by atoms with Gasteiger partial charge < -0.3 is 20.3 Å². The van der Waals surface area contributed by atoms with Crippen LogP contribution in [0.4, 0.5) is 0 Å². The molecule has 0 spiro atoms. The van der Waals surface area contributed by atoms with Crippen molar-refractivity contribution in [3.8, 4) is 0 Å². The Kier molecular flexibility index (Phi) is 9.28. The van der Waals surface area contributed by atoms with Crippen LogP contribution in [0.5, 0.6) is 0 Å². The van der Waals surface area contributed by atoms with Gasteiger partial charge in [0.25, 0.3) is 5.56 Å². The maximum Gasteiger partial charge on any atom is 0.250 e. The molecule has 2 aromatic rings. The lowest BCUT2D eigenvalue weighted by atomic mass is 10.0. The van der Waals surface area contributed by atoms with Crippen LogP contribution < -0.4 is 16.2 Å². The predicted octanol–water partition coefficient (Wildman–Crippen LogP) is 2.27. The van der Waals surface area contributed by atoms with E-state index in [1.807, 2.05) is 54.8 Å². The number of rotatable bonds is 10. The van der Waals surface area contributed by atoms with Gasteiger partial charge in [-0.1, -0.05) is 36.4 Å². The standard InChI is InChI=1S/C22H32N4O2/c1-3-23-22(25-16-20(17-27)19-11-5-4-6-12-19)24-14-7-8-15-26-18(2)10-9-13-21(26)28/h4-6,9-13,20,27H,3,7-8,14-17H2,1-2H3,(H2,23,24,25). The summed E-state index contributed by atoms with van der Waals surface area (Å²) >= 11 is 0. The molecule has 1 unspecified atom stereocenters. The van der Waals surface area contributed by atoms with E-state index in [9.17, 15) is 9.90 Å². The molecule has 1 aromatic heterocycles. The van der Waals surface area contributed by atoms with Crippen LogP contribution in [0.15, 0.2) is 58.3 Å². The van der Waals surface area contributed by atoms with Gasteiger partial charge in [0.1, 0.15) is 0 Å². The number of nitrogens with zero attached hydrogens (tertiary/aromatic N) is 2. The number of aliphatic imine (C=N–C) groups is 1. The number of aliphatic hydroxyl groups excluding tert-OH is 1. The summed E-state index contributed by atoms with van der Waals surface area (Å²) in [7, 11) is 0. The summed E-state index contributed by atoms with van der Waals surface area (Å²) in [5.74, 6) is 0.745. The van der Waals surface area contributed by atoms with Gasteiger partial charge in [0.05, 0.1) is 13.2 Å². The van der Waals surface area contributed by atoms with Crippen LogP contribution in [0.1, 0.15) is 36.9 Å². The molecular weight excluding hydrogens is 352 g/mol. The SMILES string of the molecule is CCNC(=NCC(CO)c1ccccc1)NCCCCn1c(C)cccc1=O. The van der Waals surface area contributed by atoms with Gasteiger partial charge in [-0.3, -0.25) is 9.79 Å². The molecule has 0 saturated carbocycles. The van der Waals surface area contributed by atoms with E-state index in [-0.39, 0.29) is 18.1 Å². The number of aryl methyl sites for hydroxylation is 1. The predicted molar refractivity (Wildman–Crippen MR) is 115 cm³/mol. The number of guanidine groups is 1. The first-order chi connectivity index (χ1) is 13.7. The third kappa shape index (κ3) is 6.85. The van der Waals surface area contributed by atoms with E-state index in [4.69, 9.17) is 0 Å². The normalized spacial score (nSPS) is 12.6. The number of unbranched alkanes of at least 4 members (excludes halogenated alkanes) is 1. The Morgan fingerprint density at radius 1 is 1.11 bits per heavy atom. The zero-order valence-electron chi connectivity index (χ0n) is 16.9. The highest BCUT2D eigenvalue weighted by Crippen LogP contribution is 2.14. The fraction of sp³-hybridized carbons (Fsp3) is 0.455. The lowest BCUT2D eigenvalue weighted by Crippen LogP contribution is -2.38. The Hall–Kier alpha value is -2.60. The zero-order valence-corrected chi connectivity index (χ0v) is 16.9. The molecule has 0 saturated heterocycles. The average molecular weight is 385 g/mol. The summed E-state index contributed by atoms with van der Waals surface area (Å²) in [6.07, 6.45) is 1.85. The molecule has 0 fully saturated rings. The van der Waals surface area contributed by atoms with E-state index in [0.29, 0.717) is 6.54 Å². The monoisotopic (exact) mass is 384 g/mol. The van der Waals surface area contributed by atoms with E-state index < -0.39 is 0 Å². The Balaban J connectivity index is 1.81. The molecule has 0 aliphatic heterocycles. The van der Waals surface area contributed by atoms with Gasteiger partial charge in [-0.25, -0.2) is 0 Å². The van der Waals surface area contributed by atoms with Crippen LogP contribution in [-0.2, 0) is 6.54 Å². The molecule has 0 radical (unpaired) electrons. The summed E-state index contributed by atoms with van der Waals surface area (Å²) in [5.41, 5.74) is 2.14. The molecule has 1 heterocycles. The third-order valence-corrected chi connectivity index (χ3v) is 4.67. The maximum absolute atomic E-state index is 11.9. The lowest BCUT2D eigenvalue weighted by molar-refractivity contribution is 0.268. The maximum atomic E-state index is 11.9. The Labute approximate surface area is 167 Å². The molecule has 1 atom stereocenters. The first-order valence-corrected chi connectivity index (χ1v) is 10.00. The van der Waals surface area contributed by atoms with Gasteiger partial charge >= 0.3 is 0 Å². The van der Waals surface area contributed by atoms with Crippen molar-refractivity contribution in [2.24, 2.45) is 4.99 Å². The minimum absolute atomic E-state index is 0.00964. The van der Waals surface area contributed by atoms with Gasteiger partial charge in [0.2, 0.25) is 0 Å². The Morgan fingerprint density at radius 3 is 2.57 bits per heavy atom. The summed E-state index contributed by atoms with van der Waals surface area (Å²) in [4.78, 5) is 16.5. The minimum Gasteiger partial charge on any atom is -0.396 e. The van der Waals surface area contributed by atoms with Crippen molar-refractivity contribution in [2.75, 3.05) is 26.2 Å². The van der Waals surface area contributed by atoms with E-state index >= 15 is 0 Å². The molecule has 0 bridgehead atoms. The van der Waals surface area contributed by atoms with Crippen LogP contribution >= 0.6 is 0 Å². The Bertz CT molecular complexity index is 787. The first-order valence-electron chi connectivity index (χ1n) is 10.00. The van der Waals surface area contributed by atoms with Gasteiger partial charge in [-0.2, -0.15) is 0 Å². The molecule has 3 N–H and O–H groups in total. The van der Waals surface area contributed by atoms with Crippen molar-refractivity contribution in [1.82, 2.24) is 15.2 Å². The van der Waals surface area contributed by atoms with Crippen LogP contribution in [0.25, 0.3) is 0 Å². The van der Waals surface area contributed by atoms with Gasteiger partial charge in [0, 0.05) is 37.3 Å². The van der Waals surface area contributed by atoms with Crippen LogP contribution in [0.2, 0.25) is 0 Å². The zero-order chi connectivity index (χ0) is 20.2. The average Bonchev–Trinajstić information content (AvgIpc) is 2.70. The van der Waals surface area contributed by atoms with E-state index in [0.717, 1.165) is 49.7 Å². The number of nitrogens with one attached hydrogen (secondary N) is 2. The highest BCUT2D eigenvalue weighted by Gasteiger charge is 2.10. The summed E-state index contributed by atoms with van der Waals surface area (Å²) < 4.78 is 1.81. The van der Waals surface area contributed by atoms with E-state index in [1.54, 1.807) is 12.1 Å². The van der Waals surface area contributed by atoms with E-state index in [2.05, 4.69) is 15.6 Å². The second-order valence-corrected chi connectivity index (χ2v) is 6.80. The second-order valence-electron chi connectivity index (χ2n) is 6.80. The van der Waals surface area contributed by atoms with Crippen LogP contribution in [-0.4, -0.2) is 41.9 Å². The summed E-state index contributed by atoms with van der Waals surface area (Å²) in [5, 5.41) is 16.3. The van der Waals surface area contributed by atoms with Crippen molar-refractivity contribution in [1.29, 1.82) is 0 Å². The van der Waals surface area contributed by atoms with Crippen molar-refractivity contribution in [3.63, 3.8) is 0 Å². The van der Waals surface area contributed by atoms with Crippen molar-refractivity contribution < 1.29 is 5.11 Å². The van der Waals surface area contributed by atoms with Crippen LogP contribution in [0.3, 0.4) is 0 Å². The molecule has 152 valence electrons. The lowest BCUT2D eigenvalue weighted by Gasteiger charge is -2.15. The molecule has 0 amide bonds. The molecular formula is C22H32N4O2. The van der Waals surface area contributed by atoms with Crippen molar-refractivity contribution in [2.45, 2.75) is 39.2 Å². The fourth-order valence-electron chi connectivity index (χ4n) is 3.05. The summed E-state index contributed by atoms with van der Waals surface area (Å²) in [6.45, 7) is 6.86. The van der Waals surface area contributed by atoms with Crippen molar-refractivity contribution in [3.05, 3.63) is 70.1 Å². The quantitative estimate of drug-likeness (QED) is 0.334. The van der Waals surface area contributed by atoms with Crippen molar-refractivity contribution >= 4 is 5.96 Å². The van der Waals surface area contributed by atoms with Crippen LogP contribution in [0, 0.1) is 6.92 Å². The number of pyridine rings is 1. The molecule has 6 nitrogen and oxygen atoms in total. The van der Waals surface area contributed by atoms with Gasteiger partial charge in [0.15, 0.2) is 5.96 Å². The fourth-order valence-corrected chi connectivity index (χ4v) is 3.05. The Morgan fingerprint density at radius 2 is 1.89 bits per heavy atom. The first kappa shape index (κ1) is 21.7. The molecule has 6 heteroatoms. The molecule has 2 rings (SSSR count). The summed E-state index contributed by atoms with van der Waals surface area (Å²) in [6, 6.07) is 15.3. The number of hydrogen-bond acceptors (Lipinski definition) is 3. The van der Waals surface area contributed by atoms with E-state index in [1.165, 1.54) is 0 Å². The van der Waals surface area contributed by atoms with Gasteiger partial charge in [-0.15, -0.1) is 0 Å². The molecule has 0 aliphatic carbocycles. The number of aromatic nitrogens is 1. The minimum atomic E-state index is -0.00964. The smallest absolute Gasteiger partial charge is 0.250 e. The molecule has 28 heavy (non-hydrogen) atoms. The third-order valence-electron chi connectivity index (χ3n) is 4.67. The highest BCUT2D eigenvalue weighted by atomic mass is 16.3. The molecule has 0 aliphatic rings. The topological polar surface area (TPSA) is 78.7 Å². The highest BCUT2D eigenvalue weighted by molar-refractivity contribution is 5.79. The van der Waals surface area contributed by atoms with Gasteiger partial charge in [-0.05, 0) is 38.3 Å². The molecule has 1 aromatic carbocycles. The number of aliphatic hydroxyl groups is 1. The largest absolute Gasteiger partial charge is 0.396 e. The second kappa shape index (κ2) is 12.0. The number of benzene rings is 1. The number of hydrogen-bond donors (Lipinski definition) is 3.